The Bertz CT molecular complexity index is 389. The summed E-state index contributed by atoms with van der Waals surface area (Å²) in [5.41, 5.74) is 0. The molecule has 1 fully saturated rings. The molecule has 17 heavy (non-hydrogen) atoms. The Morgan fingerprint density at radius 1 is 1.65 bits per heavy atom. The number of carbonyl (C=O) groups excluding carboxylic acids is 1. The van der Waals surface area contributed by atoms with Gasteiger partial charge in [-0.1, -0.05) is 6.07 Å². The lowest BCUT2D eigenvalue weighted by atomic mass is 10.2. The number of hydrogen-bond acceptors (Lipinski definition) is 4. The van der Waals surface area contributed by atoms with Gasteiger partial charge in [-0.15, -0.1) is 11.3 Å². The van der Waals surface area contributed by atoms with E-state index in [1.54, 1.807) is 24.5 Å². The maximum absolute atomic E-state index is 11.7. The number of hydrogen-bond donors (Lipinski definition) is 2. The van der Waals surface area contributed by atoms with Gasteiger partial charge in [0, 0.05) is 31.2 Å². The van der Waals surface area contributed by atoms with Crippen LogP contribution in [0.2, 0.25) is 0 Å². The largest absolute Gasteiger partial charge is 0.378 e. The monoisotopic (exact) mass is 252 g/mol. The summed E-state index contributed by atoms with van der Waals surface area (Å²) in [4.78, 5) is 12.8. The fourth-order valence-corrected chi connectivity index (χ4v) is 2.44. The first-order valence-electron chi connectivity index (χ1n) is 5.55. The van der Waals surface area contributed by atoms with Crippen LogP contribution in [0.25, 0.3) is 6.08 Å². The van der Waals surface area contributed by atoms with Crippen LogP contribution < -0.4 is 10.6 Å². The molecule has 0 aromatic carbocycles. The zero-order chi connectivity index (χ0) is 12.1. The summed E-state index contributed by atoms with van der Waals surface area (Å²) in [5, 5.41) is 8.11. The van der Waals surface area contributed by atoms with E-state index in [-0.39, 0.29) is 18.1 Å². The van der Waals surface area contributed by atoms with Crippen LogP contribution in [-0.2, 0) is 9.53 Å². The van der Waals surface area contributed by atoms with Crippen LogP contribution in [-0.4, -0.2) is 38.3 Å². The van der Waals surface area contributed by atoms with E-state index in [1.165, 1.54) is 0 Å². The quantitative estimate of drug-likeness (QED) is 0.782. The molecular weight excluding hydrogens is 236 g/mol. The van der Waals surface area contributed by atoms with Crippen molar-refractivity contribution in [2.75, 3.05) is 20.2 Å². The van der Waals surface area contributed by atoms with Crippen LogP contribution in [0.1, 0.15) is 4.88 Å². The van der Waals surface area contributed by atoms with Gasteiger partial charge >= 0.3 is 0 Å². The van der Waals surface area contributed by atoms with E-state index >= 15 is 0 Å². The first kappa shape index (κ1) is 12.3. The van der Waals surface area contributed by atoms with Gasteiger partial charge in [-0.25, -0.2) is 0 Å². The second kappa shape index (κ2) is 5.95. The topological polar surface area (TPSA) is 50.4 Å². The first-order valence-corrected chi connectivity index (χ1v) is 6.43. The van der Waals surface area contributed by atoms with E-state index in [0.29, 0.717) is 0 Å². The second-order valence-corrected chi connectivity index (χ2v) is 4.88. The highest BCUT2D eigenvalue weighted by atomic mass is 32.1. The number of thiophene rings is 1. The minimum Gasteiger partial charge on any atom is -0.378 e. The summed E-state index contributed by atoms with van der Waals surface area (Å²) in [7, 11) is 1.66. The van der Waals surface area contributed by atoms with Crippen molar-refractivity contribution in [1.29, 1.82) is 0 Å². The highest BCUT2D eigenvalue weighted by Crippen LogP contribution is 2.10. The molecule has 0 spiro atoms. The Labute approximate surface area is 105 Å². The summed E-state index contributed by atoms with van der Waals surface area (Å²) in [5.74, 6) is -0.0749. The third kappa shape index (κ3) is 3.39. The minimum atomic E-state index is -0.0749. The number of ether oxygens (including phenoxy) is 1. The van der Waals surface area contributed by atoms with Gasteiger partial charge < -0.3 is 15.4 Å². The molecule has 2 N–H and O–H groups in total. The SMILES string of the molecule is CO[C@@H]1CNCC1NC(=O)/C=C/c1cccs1. The molecule has 92 valence electrons. The van der Waals surface area contributed by atoms with Crippen molar-refractivity contribution >= 4 is 23.3 Å². The Morgan fingerprint density at radius 2 is 2.53 bits per heavy atom. The van der Waals surface area contributed by atoms with Crippen molar-refractivity contribution < 1.29 is 9.53 Å². The average Bonchev–Trinajstić information content (AvgIpc) is 2.97. The van der Waals surface area contributed by atoms with Gasteiger partial charge in [0.05, 0.1) is 12.1 Å². The molecule has 5 heteroatoms. The average molecular weight is 252 g/mol. The van der Waals surface area contributed by atoms with E-state index in [2.05, 4.69) is 10.6 Å². The lowest BCUT2D eigenvalue weighted by Crippen LogP contribution is -2.42. The Balaban J connectivity index is 1.85. The van der Waals surface area contributed by atoms with Gasteiger partial charge in [-0.05, 0) is 17.5 Å². The van der Waals surface area contributed by atoms with Crippen molar-refractivity contribution in [3.8, 4) is 0 Å². The van der Waals surface area contributed by atoms with Gasteiger partial charge in [0.25, 0.3) is 0 Å². The maximum atomic E-state index is 11.7. The molecule has 2 rings (SSSR count). The predicted molar refractivity (Wildman–Crippen MR) is 69.0 cm³/mol. The number of carbonyl (C=O) groups is 1. The molecule has 2 atom stereocenters. The standard InChI is InChI=1S/C12H16N2O2S/c1-16-11-8-13-7-10(11)14-12(15)5-4-9-3-2-6-17-9/h2-6,10-11,13H,7-8H2,1H3,(H,14,15)/b5-4+/t10?,11-/m1/s1. The summed E-state index contributed by atoms with van der Waals surface area (Å²) in [6, 6.07) is 3.99. The Kier molecular flexibility index (Phi) is 4.30. The summed E-state index contributed by atoms with van der Waals surface area (Å²) >= 11 is 1.61. The van der Waals surface area contributed by atoms with Crippen LogP contribution in [0.3, 0.4) is 0 Å². The summed E-state index contributed by atoms with van der Waals surface area (Å²) in [6.07, 6.45) is 3.45. The second-order valence-electron chi connectivity index (χ2n) is 3.90. The summed E-state index contributed by atoms with van der Waals surface area (Å²) in [6.45, 7) is 1.55. The van der Waals surface area contributed by atoms with E-state index in [9.17, 15) is 4.79 Å². The van der Waals surface area contributed by atoms with Crippen LogP contribution in [0.15, 0.2) is 23.6 Å². The Hall–Kier alpha value is -1.17. The lowest BCUT2D eigenvalue weighted by molar-refractivity contribution is -0.117. The van der Waals surface area contributed by atoms with E-state index in [4.69, 9.17) is 4.74 Å². The number of amides is 1. The number of nitrogens with one attached hydrogen (secondary N) is 2. The molecule has 0 bridgehead atoms. The summed E-state index contributed by atoms with van der Waals surface area (Å²) < 4.78 is 5.28. The highest BCUT2D eigenvalue weighted by molar-refractivity contribution is 7.10. The van der Waals surface area contributed by atoms with E-state index in [0.717, 1.165) is 18.0 Å². The fourth-order valence-electron chi connectivity index (χ4n) is 1.82. The van der Waals surface area contributed by atoms with Crippen LogP contribution in [0.5, 0.6) is 0 Å². The molecule has 1 aliphatic heterocycles. The predicted octanol–water partition coefficient (Wildman–Crippen LogP) is 0.864. The molecule has 1 aliphatic rings. The van der Waals surface area contributed by atoms with E-state index < -0.39 is 0 Å². The molecule has 0 aliphatic carbocycles. The molecule has 1 unspecified atom stereocenters. The van der Waals surface area contributed by atoms with Crippen LogP contribution in [0, 0.1) is 0 Å². The van der Waals surface area contributed by atoms with Gasteiger partial charge in [0.2, 0.25) is 5.91 Å². The molecular formula is C12H16N2O2S. The van der Waals surface area contributed by atoms with Crippen LogP contribution in [0.4, 0.5) is 0 Å². The molecule has 0 saturated carbocycles. The van der Waals surface area contributed by atoms with Crippen molar-refractivity contribution in [1.82, 2.24) is 10.6 Å². The van der Waals surface area contributed by atoms with Crippen molar-refractivity contribution in [3.63, 3.8) is 0 Å². The van der Waals surface area contributed by atoms with Gasteiger partial charge in [-0.3, -0.25) is 4.79 Å². The lowest BCUT2D eigenvalue weighted by Gasteiger charge is -2.17. The molecule has 1 aromatic rings. The zero-order valence-electron chi connectivity index (χ0n) is 9.68. The van der Waals surface area contributed by atoms with Crippen molar-refractivity contribution in [3.05, 3.63) is 28.5 Å². The highest BCUT2D eigenvalue weighted by Gasteiger charge is 2.27. The molecule has 2 heterocycles. The smallest absolute Gasteiger partial charge is 0.244 e. The van der Waals surface area contributed by atoms with Crippen LogP contribution >= 0.6 is 11.3 Å². The number of rotatable bonds is 4. The minimum absolute atomic E-state index is 0.0560. The molecule has 1 saturated heterocycles. The Morgan fingerprint density at radius 3 is 3.24 bits per heavy atom. The molecule has 1 amide bonds. The van der Waals surface area contributed by atoms with Gasteiger partial charge in [0.15, 0.2) is 0 Å². The number of methoxy groups -OCH3 is 1. The first-order chi connectivity index (χ1) is 8.29. The van der Waals surface area contributed by atoms with E-state index in [1.807, 2.05) is 23.6 Å². The van der Waals surface area contributed by atoms with Gasteiger partial charge in [-0.2, -0.15) is 0 Å². The zero-order valence-corrected chi connectivity index (χ0v) is 10.5. The maximum Gasteiger partial charge on any atom is 0.244 e. The van der Waals surface area contributed by atoms with Crippen molar-refractivity contribution in [2.24, 2.45) is 0 Å². The van der Waals surface area contributed by atoms with Crippen molar-refractivity contribution in [2.45, 2.75) is 12.1 Å². The molecule has 1 aromatic heterocycles. The fraction of sp³-hybridized carbons (Fsp3) is 0.417. The third-order valence-electron chi connectivity index (χ3n) is 2.73. The molecule has 0 radical (unpaired) electrons. The van der Waals surface area contributed by atoms with Gasteiger partial charge in [0.1, 0.15) is 0 Å². The molecule has 4 nitrogen and oxygen atoms in total. The third-order valence-corrected chi connectivity index (χ3v) is 3.57. The normalized spacial score (nSPS) is 24.3.